The summed E-state index contributed by atoms with van der Waals surface area (Å²) in [6, 6.07) is 6.37. The summed E-state index contributed by atoms with van der Waals surface area (Å²) in [5.74, 6) is 1.12. The van der Waals surface area contributed by atoms with Crippen molar-refractivity contribution in [2.45, 2.75) is 39.2 Å². The second-order valence-electron chi connectivity index (χ2n) is 6.32. The molecule has 2 aromatic rings. The van der Waals surface area contributed by atoms with E-state index in [4.69, 9.17) is 4.42 Å². The highest BCUT2D eigenvalue weighted by Crippen LogP contribution is 2.33. The predicted molar refractivity (Wildman–Crippen MR) is 84.2 cm³/mol. The van der Waals surface area contributed by atoms with E-state index in [1.807, 2.05) is 24.8 Å². The normalized spacial score (nSPS) is 17.9. The van der Waals surface area contributed by atoms with E-state index in [9.17, 15) is 9.18 Å². The van der Waals surface area contributed by atoms with Gasteiger partial charge in [-0.3, -0.25) is 4.79 Å². The number of benzene rings is 1. The van der Waals surface area contributed by atoms with Gasteiger partial charge < -0.3 is 9.32 Å². The van der Waals surface area contributed by atoms with Gasteiger partial charge in [0.2, 0.25) is 11.8 Å². The van der Waals surface area contributed by atoms with Crippen LogP contribution in [-0.2, 0) is 11.2 Å². The smallest absolute Gasteiger partial charge is 0.225 e. The van der Waals surface area contributed by atoms with Crippen LogP contribution in [0.2, 0.25) is 0 Å². The molecular formula is C18H21FN2O2. The molecule has 1 aromatic heterocycles. The number of oxazole rings is 1. The number of carbonyl (C=O) groups excluding carboxylic acids is 1. The molecule has 1 atom stereocenters. The van der Waals surface area contributed by atoms with Crippen LogP contribution in [0.25, 0.3) is 0 Å². The summed E-state index contributed by atoms with van der Waals surface area (Å²) in [7, 11) is 0. The van der Waals surface area contributed by atoms with Crippen molar-refractivity contribution in [1.82, 2.24) is 9.88 Å². The Balaban J connectivity index is 1.75. The van der Waals surface area contributed by atoms with E-state index in [0.29, 0.717) is 18.1 Å². The van der Waals surface area contributed by atoms with E-state index in [2.05, 4.69) is 4.98 Å². The van der Waals surface area contributed by atoms with Crippen molar-refractivity contribution in [3.63, 3.8) is 0 Å². The molecule has 1 fully saturated rings. The molecule has 122 valence electrons. The molecule has 1 aliphatic heterocycles. The molecule has 0 spiro atoms. The Morgan fingerprint density at radius 3 is 3.04 bits per heavy atom. The number of hydrogen-bond donors (Lipinski definition) is 0. The molecule has 5 heteroatoms. The molecule has 0 radical (unpaired) electrons. The van der Waals surface area contributed by atoms with Gasteiger partial charge in [0, 0.05) is 18.9 Å². The second-order valence-corrected chi connectivity index (χ2v) is 6.32. The minimum Gasteiger partial charge on any atom is -0.443 e. The van der Waals surface area contributed by atoms with E-state index >= 15 is 0 Å². The summed E-state index contributed by atoms with van der Waals surface area (Å²) in [4.78, 5) is 18.5. The highest BCUT2D eigenvalue weighted by Gasteiger charge is 2.34. The van der Waals surface area contributed by atoms with Gasteiger partial charge in [-0.05, 0) is 30.5 Å². The summed E-state index contributed by atoms with van der Waals surface area (Å²) in [5.41, 5.74) is 0.842. The number of hydrogen-bond acceptors (Lipinski definition) is 3. The summed E-state index contributed by atoms with van der Waals surface area (Å²) >= 11 is 0. The average molecular weight is 316 g/mol. The van der Waals surface area contributed by atoms with Crippen molar-refractivity contribution in [1.29, 1.82) is 0 Å². The number of amides is 1. The van der Waals surface area contributed by atoms with Crippen molar-refractivity contribution in [3.05, 3.63) is 53.5 Å². The number of likely N-dealkylation sites (tertiary alicyclic amines) is 1. The predicted octanol–water partition coefficient (Wildman–Crippen LogP) is 3.72. The van der Waals surface area contributed by atoms with Gasteiger partial charge in [-0.25, -0.2) is 9.37 Å². The summed E-state index contributed by atoms with van der Waals surface area (Å²) in [5, 5.41) is 0. The van der Waals surface area contributed by atoms with Gasteiger partial charge in [0.05, 0.1) is 6.20 Å². The summed E-state index contributed by atoms with van der Waals surface area (Å²) in [6.45, 7) is 4.56. The van der Waals surface area contributed by atoms with Gasteiger partial charge in [0.15, 0.2) is 0 Å². The van der Waals surface area contributed by atoms with Crippen LogP contribution in [0.3, 0.4) is 0 Å². The molecule has 23 heavy (non-hydrogen) atoms. The zero-order valence-corrected chi connectivity index (χ0v) is 13.5. The Morgan fingerprint density at radius 1 is 1.48 bits per heavy atom. The number of carbonyl (C=O) groups is 1. The van der Waals surface area contributed by atoms with E-state index in [1.54, 1.807) is 12.3 Å². The summed E-state index contributed by atoms with van der Waals surface area (Å²) < 4.78 is 19.1. The molecule has 0 unspecified atom stereocenters. The molecule has 2 heterocycles. The van der Waals surface area contributed by atoms with E-state index in [-0.39, 0.29) is 23.7 Å². The van der Waals surface area contributed by atoms with Crippen molar-refractivity contribution in [2.24, 2.45) is 5.92 Å². The minimum absolute atomic E-state index is 0.0303. The van der Waals surface area contributed by atoms with Crippen LogP contribution in [0, 0.1) is 11.7 Å². The highest BCUT2D eigenvalue weighted by atomic mass is 19.1. The first-order valence-corrected chi connectivity index (χ1v) is 8.04. The Hall–Kier alpha value is -2.17. The lowest BCUT2D eigenvalue weighted by molar-refractivity contribution is -0.135. The van der Waals surface area contributed by atoms with E-state index in [0.717, 1.165) is 24.9 Å². The van der Waals surface area contributed by atoms with Crippen molar-refractivity contribution < 1.29 is 13.6 Å². The maximum Gasteiger partial charge on any atom is 0.225 e. The third-order valence-corrected chi connectivity index (χ3v) is 4.15. The molecule has 4 nitrogen and oxygen atoms in total. The SMILES string of the molecule is CC(C)C(=O)N1CCC[C@H]1c1ncc(Cc2cccc(F)c2)o1. The van der Waals surface area contributed by atoms with E-state index in [1.165, 1.54) is 12.1 Å². The Bertz CT molecular complexity index is 696. The Morgan fingerprint density at radius 2 is 2.30 bits per heavy atom. The maximum absolute atomic E-state index is 13.2. The molecule has 1 aliphatic rings. The van der Waals surface area contributed by atoms with Crippen LogP contribution < -0.4 is 0 Å². The van der Waals surface area contributed by atoms with Crippen LogP contribution >= 0.6 is 0 Å². The van der Waals surface area contributed by atoms with Crippen LogP contribution in [0.4, 0.5) is 4.39 Å². The third-order valence-electron chi connectivity index (χ3n) is 4.15. The van der Waals surface area contributed by atoms with Crippen LogP contribution in [0.5, 0.6) is 0 Å². The monoisotopic (exact) mass is 316 g/mol. The zero-order chi connectivity index (χ0) is 16.4. The van der Waals surface area contributed by atoms with Gasteiger partial charge in [-0.15, -0.1) is 0 Å². The van der Waals surface area contributed by atoms with Gasteiger partial charge in [-0.1, -0.05) is 26.0 Å². The number of nitrogens with zero attached hydrogens (tertiary/aromatic N) is 2. The molecule has 3 rings (SSSR count). The first-order chi connectivity index (χ1) is 11.0. The Kier molecular flexibility index (Phi) is 4.46. The fraction of sp³-hybridized carbons (Fsp3) is 0.444. The lowest BCUT2D eigenvalue weighted by Crippen LogP contribution is -2.33. The summed E-state index contributed by atoms with van der Waals surface area (Å²) in [6.07, 6.45) is 4.01. The molecule has 0 saturated carbocycles. The van der Waals surface area contributed by atoms with Crippen LogP contribution in [0.1, 0.15) is 49.9 Å². The maximum atomic E-state index is 13.2. The molecule has 0 aliphatic carbocycles. The van der Waals surface area contributed by atoms with Gasteiger partial charge in [0.25, 0.3) is 0 Å². The zero-order valence-electron chi connectivity index (χ0n) is 13.5. The lowest BCUT2D eigenvalue weighted by atomic mass is 10.1. The van der Waals surface area contributed by atoms with Crippen LogP contribution in [-0.4, -0.2) is 22.3 Å². The van der Waals surface area contributed by atoms with E-state index < -0.39 is 0 Å². The third kappa shape index (κ3) is 3.44. The van der Waals surface area contributed by atoms with Gasteiger partial charge in [0.1, 0.15) is 17.6 Å². The largest absolute Gasteiger partial charge is 0.443 e. The molecule has 1 aromatic carbocycles. The molecule has 1 saturated heterocycles. The molecule has 1 amide bonds. The van der Waals surface area contributed by atoms with Gasteiger partial charge >= 0.3 is 0 Å². The van der Waals surface area contributed by atoms with Crippen molar-refractivity contribution in [2.75, 3.05) is 6.54 Å². The molecular weight excluding hydrogens is 295 g/mol. The average Bonchev–Trinajstić information content (AvgIpc) is 3.14. The lowest BCUT2D eigenvalue weighted by Gasteiger charge is -2.24. The van der Waals surface area contributed by atoms with Crippen LogP contribution in [0.15, 0.2) is 34.9 Å². The Labute approximate surface area is 135 Å². The van der Waals surface area contributed by atoms with Gasteiger partial charge in [-0.2, -0.15) is 0 Å². The standard InChI is InChI=1S/C18H21FN2O2/c1-12(2)18(22)21-8-4-7-16(21)17-20-11-15(23-17)10-13-5-3-6-14(19)9-13/h3,5-6,9,11-12,16H,4,7-8,10H2,1-2H3/t16-/m0/s1. The minimum atomic E-state index is -0.258. The number of rotatable bonds is 4. The second kappa shape index (κ2) is 6.52. The molecule has 0 N–H and O–H groups in total. The quantitative estimate of drug-likeness (QED) is 0.863. The molecule has 0 bridgehead atoms. The topological polar surface area (TPSA) is 46.3 Å². The highest BCUT2D eigenvalue weighted by molar-refractivity contribution is 5.78. The van der Waals surface area contributed by atoms with Crippen molar-refractivity contribution in [3.8, 4) is 0 Å². The first-order valence-electron chi connectivity index (χ1n) is 8.04. The fourth-order valence-electron chi connectivity index (χ4n) is 3.03. The first kappa shape index (κ1) is 15.7. The number of halogens is 1. The van der Waals surface area contributed by atoms with Crippen molar-refractivity contribution >= 4 is 5.91 Å². The fourth-order valence-corrected chi connectivity index (χ4v) is 3.03. The number of aromatic nitrogens is 1.